The van der Waals surface area contributed by atoms with Crippen molar-refractivity contribution in [3.63, 3.8) is 0 Å². The van der Waals surface area contributed by atoms with Gasteiger partial charge in [-0.3, -0.25) is 4.79 Å². The van der Waals surface area contributed by atoms with Crippen molar-refractivity contribution in [2.75, 3.05) is 29.4 Å². The quantitative estimate of drug-likeness (QED) is 0.637. The largest absolute Gasteiger partial charge is 0.472 e. The van der Waals surface area contributed by atoms with Gasteiger partial charge in [0.1, 0.15) is 0 Å². The molecule has 0 aliphatic carbocycles. The van der Waals surface area contributed by atoms with E-state index in [1.165, 1.54) is 5.56 Å². The summed E-state index contributed by atoms with van der Waals surface area (Å²) in [5, 5.41) is 0. The van der Waals surface area contributed by atoms with Gasteiger partial charge in [0.05, 0.1) is 17.1 Å². The van der Waals surface area contributed by atoms with Crippen LogP contribution in [-0.4, -0.2) is 41.6 Å². The first-order valence-corrected chi connectivity index (χ1v) is 11.2. The van der Waals surface area contributed by atoms with E-state index in [-0.39, 0.29) is 17.9 Å². The fourth-order valence-corrected chi connectivity index (χ4v) is 4.61. The number of ether oxygens (including phenoxy) is 1. The third kappa shape index (κ3) is 3.82. The predicted molar refractivity (Wildman–Crippen MR) is 123 cm³/mol. The molecule has 3 heterocycles. The molecule has 0 unspecified atom stereocenters. The summed E-state index contributed by atoms with van der Waals surface area (Å²) < 4.78 is 6.01. The molecule has 31 heavy (non-hydrogen) atoms. The number of fused-ring (bicyclic) bond motifs is 2. The van der Waals surface area contributed by atoms with E-state index in [4.69, 9.17) is 14.7 Å². The van der Waals surface area contributed by atoms with Crippen LogP contribution >= 0.6 is 0 Å². The Morgan fingerprint density at radius 1 is 0.968 bits per heavy atom. The van der Waals surface area contributed by atoms with E-state index in [1.807, 2.05) is 55.1 Å². The maximum absolute atomic E-state index is 13.2. The molecule has 1 fully saturated rings. The third-order valence-corrected chi connectivity index (χ3v) is 6.17. The molecular formula is C25H28N4O2. The molecule has 1 amide bonds. The summed E-state index contributed by atoms with van der Waals surface area (Å²) in [4.78, 5) is 27.1. The van der Waals surface area contributed by atoms with Gasteiger partial charge in [0.2, 0.25) is 5.91 Å². The first-order valence-electron chi connectivity index (χ1n) is 11.2. The monoisotopic (exact) mass is 416 g/mol. The van der Waals surface area contributed by atoms with Crippen molar-refractivity contribution in [2.24, 2.45) is 5.92 Å². The number of rotatable bonds is 4. The molecule has 5 rings (SSSR count). The van der Waals surface area contributed by atoms with E-state index in [0.29, 0.717) is 5.88 Å². The molecule has 1 saturated heterocycles. The Kier molecular flexibility index (Phi) is 5.22. The van der Waals surface area contributed by atoms with Crippen LogP contribution in [0.1, 0.15) is 32.3 Å². The zero-order valence-electron chi connectivity index (χ0n) is 18.1. The van der Waals surface area contributed by atoms with Gasteiger partial charge in [0, 0.05) is 31.2 Å². The number of hydrogen-bond donors (Lipinski definition) is 0. The fourth-order valence-electron chi connectivity index (χ4n) is 4.61. The number of carbonyl (C=O) groups excluding carboxylic acids is 1. The predicted octanol–water partition coefficient (Wildman–Crippen LogP) is 4.22. The molecule has 0 bridgehead atoms. The lowest BCUT2D eigenvalue weighted by molar-refractivity contribution is -0.122. The van der Waals surface area contributed by atoms with Crippen LogP contribution in [0.2, 0.25) is 0 Å². The highest BCUT2D eigenvalue weighted by atomic mass is 16.5. The Balaban J connectivity index is 1.33. The van der Waals surface area contributed by atoms with E-state index in [1.54, 1.807) is 0 Å². The van der Waals surface area contributed by atoms with Crippen LogP contribution in [0.25, 0.3) is 11.0 Å². The van der Waals surface area contributed by atoms with Gasteiger partial charge in [-0.15, -0.1) is 0 Å². The highest BCUT2D eigenvalue weighted by molar-refractivity contribution is 5.97. The number of nitrogens with zero attached hydrogens (tertiary/aromatic N) is 4. The smallest absolute Gasteiger partial charge is 0.258 e. The maximum atomic E-state index is 13.2. The minimum absolute atomic E-state index is 0.0172. The van der Waals surface area contributed by atoms with Crippen LogP contribution in [-0.2, 0) is 11.2 Å². The van der Waals surface area contributed by atoms with Crippen molar-refractivity contribution in [2.45, 2.75) is 39.2 Å². The number of carbonyl (C=O) groups is 1. The van der Waals surface area contributed by atoms with Crippen LogP contribution in [0.4, 0.5) is 11.5 Å². The number of anilines is 2. The molecule has 1 aromatic heterocycles. The Labute approximate surface area is 182 Å². The molecule has 0 radical (unpaired) electrons. The standard InChI is InChI=1S/C25H28N4O2/c1-17(2)31-24-23(26-20-8-4-5-9-21(20)27-24)28-14-11-19(12-15-28)25(30)29-16-13-18-7-3-6-10-22(18)29/h3-10,17,19H,11-16H2,1-2H3. The van der Waals surface area contributed by atoms with Crippen molar-refractivity contribution >= 4 is 28.4 Å². The van der Waals surface area contributed by atoms with Crippen molar-refractivity contribution < 1.29 is 9.53 Å². The summed E-state index contributed by atoms with van der Waals surface area (Å²) in [6.45, 7) is 6.33. The second-order valence-electron chi connectivity index (χ2n) is 8.64. The topological polar surface area (TPSA) is 58.6 Å². The van der Waals surface area contributed by atoms with Crippen LogP contribution in [0.5, 0.6) is 5.88 Å². The van der Waals surface area contributed by atoms with Gasteiger partial charge in [-0.05, 0) is 56.9 Å². The van der Waals surface area contributed by atoms with Gasteiger partial charge in [-0.25, -0.2) is 9.97 Å². The summed E-state index contributed by atoms with van der Waals surface area (Å²) in [7, 11) is 0. The lowest BCUT2D eigenvalue weighted by Gasteiger charge is -2.34. The number of amides is 1. The molecule has 2 aliphatic heterocycles. The summed E-state index contributed by atoms with van der Waals surface area (Å²) in [6, 6.07) is 16.1. The van der Waals surface area contributed by atoms with E-state index in [2.05, 4.69) is 17.0 Å². The van der Waals surface area contributed by atoms with Crippen molar-refractivity contribution in [1.29, 1.82) is 0 Å². The lowest BCUT2D eigenvalue weighted by Crippen LogP contribution is -2.42. The molecule has 160 valence electrons. The van der Waals surface area contributed by atoms with Crippen LogP contribution in [0.3, 0.4) is 0 Å². The van der Waals surface area contributed by atoms with Crippen LogP contribution in [0.15, 0.2) is 48.5 Å². The van der Waals surface area contributed by atoms with Gasteiger partial charge >= 0.3 is 0 Å². The maximum Gasteiger partial charge on any atom is 0.258 e. The first kappa shape index (κ1) is 19.8. The molecule has 2 aromatic carbocycles. The lowest BCUT2D eigenvalue weighted by atomic mass is 9.95. The fraction of sp³-hybridized carbons (Fsp3) is 0.400. The summed E-state index contributed by atoms with van der Waals surface area (Å²) in [5.74, 6) is 1.66. The minimum Gasteiger partial charge on any atom is -0.472 e. The Morgan fingerprint density at radius 2 is 1.65 bits per heavy atom. The van der Waals surface area contributed by atoms with Gasteiger partial charge in [-0.2, -0.15) is 0 Å². The number of hydrogen-bond acceptors (Lipinski definition) is 5. The molecule has 2 aliphatic rings. The van der Waals surface area contributed by atoms with Crippen LogP contribution < -0.4 is 14.5 Å². The second-order valence-corrected chi connectivity index (χ2v) is 8.64. The highest BCUT2D eigenvalue weighted by Gasteiger charge is 2.33. The molecule has 6 nitrogen and oxygen atoms in total. The average Bonchev–Trinajstić information content (AvgIpc) is 3.22. The minimum atomic E-state index is 0.0172. The molecule has 0 atom stereocenters. The molecule has 0 saturated carbocycles. The average molecular weight is 417 g/mol. The summed E-state index contributed by atoms with van der Waals surface area (Å²) in [6.07, 6.45) is 2.59. The van der Waals surface area contributed by atoms with Gasteiger partial charge in [-0.1, -0.05) is 30.3 Å². The van der Waals surface area contributed by atoms with Gasteiger partial charge < -0.3 is 14.5 Å². The number of piperidine rings is 1. The van der Waals surface area contributed by atoms with Gasteiger partial charge in [0.25, 0.3) is 5.88 Å². The molecular weight excluding hydrogens is 388 g/mol. The zero-order chi connectivity index (χ0) is 21.4. The van der Waals surface area contributed by atoms with E-state index < -0.39 is 0 Å². The number of aromatic nitrogens is 2. The molecule has 0 spiro atoms. The normalized spacial score (nSPS) is 16.7. The van der Waals surface area contributed by atoms with Crippen molar-refractivity contribution in [1.82, 2.24) is 9.97 Å². The second kappa shape index (κ2) is 8.17. The van der Waals surface area contributed by atoms with E-state index in [9.17, 15) is 4.79 Å². The van der Waals surface area contributed by atoms with Crippen molar-refractivity contribution in [3.05, 3.63) is 54.1 Å². The van der Waals surface area contributed by atoms with Crippen molar-refractivity contribution in [3.8, 4) is 5.88 Å². The van der Waals surface area contributed by atoms with E-state index in [0.717, 1.165) is 61.4 Å². The Hall–Kier alpha value is -3.15. The van der Waals surface area contributed by atoms with Gasteiger partial charge in [0.15, 0.2) is 5.82 Å². The molecule has 0 N–H and O–H groups in total. The van der Waals surface area contributed by atoms with Crippen LogP contribution in [0, 0.1) is 5.92 Å². The highest BCUT2D eigenvalue weighted by Crippen LogP contribution is 2.34. The first-order chi connectivity index (χ1) is 15.1. The summed E-state index contributed by atoms with van der Waals surface area (Å²) >= 11 is 0. The number of benzene rings is 2. The molecule has 3 aromatic rings. The third-order valence-electron chi connectivity index (χ3n) is 6.17. The Bertz CT molecular complexity index is 1110. The summed E-state index contributed by atoms with van der Waals surface area (Å²) in [5.41, 5.74) is 4.05. The number of para-hydroxylation sites is 3. The van der Waals surface area contributed by atoms with E-state index >= 15 is 0 Å². The zero-order valence-corrected chi connectivity index (χ0v) is 18.1. The molecule has 6 heteroatoms. The Morgan fingerprint density at radius 3 is 2.39 bits per heavy atom. The SMILES string of the molecule is CC(C)Oc1nc2ccccc2nc1N1CCC(C(=O)N2CCc3ccccc32)CC1.